The molecule has 0 spiro atoms. The Balaban J connectivity index is 1.17. The molecule has 0 fully saturated rings. The number of allylic oxidation sites excluding steroid dienone is 1. The van der Waals surface area contributed by atoms with Crippen molar-refractivity contribution in [2.45, 2.75) is 39.2 Å². The molecule has 0 bridgehead atoms. The van der Waals surface area contributed by atoms with E-state index in [4.69, 9.17) is 9.41 Å². The number of hydrogen-bond donors (Lipinski definition) is 0. The van der Waals surface area contributed by atoms with Gasteiger partial charge in [0.2, 0.25) is 0 Å². The SMILES string of the molecule is CC[C@@H]1/C(c2cc(-c3ccccc3)cc(-c3ccc(-c4ccccc4)cc3)c2)=C(\C)CC/C(c2ccc3c(c2)oc2ccccc23)=N\C1c1ccccc1. The lowest BCUT2D eigenvalue weighted by atomic mass is 9.76. The van der Waals surface area contributed by atoms with Gasteiger partial charge in [-0.15, -0.1) is 0 Å². The van der Waals surface area contributed by atoms with Crippen molar-refractivity contribution in [1.82, 2.24) is 0 Å². The second-order valence-corrected chi connectivity index (χ2v) is 14.6. The Morgan fingerprint density at radius 2 is 1.00 bits per heavy atom. The Morgan fingerprint density at radius 3 is 1.67 bits per heavy atom. The molecule has 1 aliphatic heterocycles. The van der Waals surface area contributed by atoms with Crippen LogP contribution in [-0.2, 0) is 0 Å². The Bertz CT molecular complexity index is 2630. The van der Waals surface area contributed by atoms with Crippen LogP contribution in [0.15, 0.2) is 191 Å². The van der Waals surface area contributed by atoms with Crippen LogP contribution in [0.1, 0.15) is 55.8 Å². The van der Waals surface area contributed by atoms with Crippen LogP contribution in [0.3, 0.4) is 0 Å². The van der Waals surface area contributed by atoms with Crippen molar-refractivity contribution in [2.75, 3.05) is 0 Å². The first-order chi connectivity index (χ1) is 26.6. The minimum Gasteiger partial charge on any atom is -0.456 e. The van der Waals surface area contributed by atoms with E-state index in [1.54, 1.807) is 0 Å². The molecule has 1 unspecified atom stereocenters. The maximum absolute atomic E-state index is 6.35. The van der Waals surface area contributed by atoms with Gasteiger partial charge in [0.1, 0.15) is 11.2 Å². The van der Waals surface area contributed by atoms with Crippen LogP contribution in [-0.4, -0.2) is 5.71 Å². The largest absolute Gasteiger partial charge is 0.456 e. The Kier molecular flexibility index (Phi) is 9.10. The zero-order valence-electron chi connectivity index (χ0n) is 30.9. The van der Waals surface area contributed by atoms with Gasteiger partial charge in [-0.05, 0) is 118 Å². The molecule has 0 N–H and O–H groups in total. The lowest BCUT2D eigenvalue weighted by Crippen LogP contribution is -2.19. The highest BCUT2D eigenvalue weighted by atomic mass is 16.3. The number of hydrogen-bond acceptors (Lipinski definition) is 2. The third kappa shape index (κ3) is 6.50. The summed E-state index contributed by atoms with van der Waals surface area (Å²) in [5, 5.41) is 2.30. The molecule has 262 valence electrons. The highest BCUT2D eigenvalue weighted by Crippen LogP contribution is 2.45. The summed E-state index contributed by atoms with van der Waals surface area (Å²) in [4.78, 5) is 5.74. The topological polar surface area (TPSA) is 25.5 Å². The van der Waals surface area contributed by atoms with E-state index in [1.807, 2.05) is 12.1 Å². The van der Waals surface area contributed by atoms with Gasteiger partial charge in [-0.25, -0.2) is 0 Å². The van der Waals surface area contributed by atoms with E-state index in [0.717, 1.165) is 52.5 Å². The molecule has 2 nitrogen and oxygen atoms in total. The summed E-state index contributed by atoms with van der Waals surface area (Å²) in [6.07, 6.45) is 2.75. The molecule has 1 aromatic heterocycles. The first kappa shape index (κ1) is 33.6. The molecule has 0 saturated heterocycles. The number of rotatable bonds is 7. The Labute approximate surface area is 318 Å². The maximum atomic E-state index is 6.35. The lowest BCUT2D eigenvalue weighted by molar-refractivity contribution is 0.516. The van der Waals surface area contributed by atoms with Crippen molar-refractivity contribution in [1.29, 1.82) is 0 Å². The van der Waals surface area contributed by atoms with Crippen molar-refractivity contribution >= 4 is 33.2 Å². The van der Waals surface area contributed by atoms with Gasteiger partial charge < -0.3 is 4.42 Å². The molecule has 1 aliphatic rings. The summed E-state index contributed by atoms with van der Waals surface area (Å²) in [6.45, 7) is 4.68. The van der Waals surface area contributed by atoms with E-state index in [2.05, 4.69) is 178 Å². The normalized spacial score (nSPS) is 18.6. The summed E-state index contributed by atoms with van der Waals surface area (Å²) in [5.74, 6) is 0.178. The van der Waals surface area contributed by atoms with E-state index < -0.39 is 0 Å². The highest BCUT2D eigenvalue weighted by Gasteiger charge is 2.30. The first-order valence-electron chi connectivity index (χ1n) is 19.2. The Hall–Kier alpha value is -6.25. The van der Waals surface area contributed by atoms with Crippen molar-refractivity contribution in [3.8, 4) is 33.4 Å². The predicted octanol–water partition coefficient (Wildman–Crippen LogP) is 14.4. The number of fused-ring (bicyclic) bond motifs is 3. The molecule has 0 aliphatic carbocycles. The van der Waals surface area contributed by atoms with Gasteiger partial charge in [-0.2, -0.15) is 0 Å². The number of aliphatic imine (C=N–C) groups is 1. The van der Waals surface area contributed by atoms with Crippen LogP contribution in [0.4, 0.5) is 0 Å². The molecule has 2 atom stereocenters. The van der Waals surface area contributed by atoms with Gasteiger partial charge in [-0.3, -0.25) is 4.99 Å². The Morgan fingerprint density at radius 1 is 0.481 bits per heavy atom. The zero-order chi connectivity index (χ0) is 36.4. The molecule has 0 radical (unpaired) electrons. The average molecular weight is 698 g/mol. The first-order valence-corrected chi connectivity index (χ1v) is 19.2. The van der Waals surface area contributed by atoms with Crippen LogP contribution < -0.4 is 0 Å². The number of nitrogens with zero attached hydrogens (tertiary/aromatic N) is 1. The van der Waals surface area contributed by atoms with Crippen molar-refractivity contribution in [2.24, 2.45) is 10.9 Å². The van der Waals surface area contributed by atoms with Crippen molar-refractivity contribution in [3.05, 3.63) is 198 Å². The molecular weight excluding hydrogens is 655 g/mol. The van der Waals surface area contributed by atoms with Crippen molar-refractivity contribution in [3.63, 3.8) is 0 Å². The second kappa shape index (κ2) is 14.6. The van der Waals surface area contributed by atoms with E-state index in [1.165, 1.54) is 55.7 Å². The van der Waals surface area contributed by atoms with Crippen LogP contribution in [0.5, 0.6) is 0 Å². The predicted molar refractivity (Wildman–Crippen MR) is 228 cm³/mol. The van der Waals surface area contributed by atoms with E-state index in [-0.39, 0.29) is 12.0 Å². The summed E-state index contributed by atoms with van der Waals surface area (Å²) in [6, 6.07) is 63.5. The summed E-state index contributed by atoms with van der Waals surface area (Å²) >= 11 is 0. The van der Waals surface area contributed by atoms with E-state index in [9.17, 15) is 0 Å². The van der Waals surface area contributed by atoms with Crippen LogP contribution in [0, 0.1) is 5.92 Å². The molecule has 0 amide bonds. The zero-order valence-corrected chi connectivity index (χ0v) is 30.9. The van der Waals surface area contributed by atoms with Gasteiger partial charge in [0.15, 0.2) is 0 Å². The monoisotopic (exact) mass is 697 g/mol. The summed E-state index contributed by atoms with van der Waals surface area (Å²) < 4.78 is 6.35. The fourth-order valence-corrected chi connectivity index (χ4v) is 8.44. The fourth-order valence-electron chi connectivity index (χ4n) is 8.44. The standard InChI is InChI=1S/C52H43NO/c1-3-45-51(44-32-42(37-17-9-5-10-18-37)31-43(33-44)39-26-24-38(25-27-39)36-15-7-4-8-16-36)35(2)23-30-48(53-52(45)40-19-11-6-12-20-40)41-28-29-47-46-21-13-14-22-49(46)54-50(47)34-41/h4-22,24-29,31-34,45,52H,3,23,30H2,1-2H3/b51-35+,53-48+/t45-,52?/m1/s1. The molecule has 7 aromatic carbocycles. The maximum Gasteiger partial charge on any atom is 0.136 e. The minimum absolute atomic E-state index is 0.0446. The third-order valence-corrected chi connectivity index (χ3v) is 11.2. The lowest BCUT2D eigenvalue weighted by Gasteiger charge is -2.32. The summed E-state index contributed by atoms with van der Waals surface area (Å²) in [7, 11) is 0. The fraction of sp³-hybridized carbons (Fsp3) is 0.135. The van der Waals surface area contributed by atoms with Crippen LogP contribution in [0.2, 0.25) is 0 Å². The molecule has 2 heteroatoms. The quantitative estimate of drug-likeness (QED) is 0.163. The van der Waals surface area contributed by atoms with Gasteiger partial charge in [0.05, 0.1) is 6.04 Å². The number of benzene rings is 7. The van der Waals surface area contributed by atoms with Crippen LogP contribution >= 0.6 is 0 Å². The minimum atomic E-state index is -0.0446. The van der Waals surface area contributed by atoms with Gasteiger partial charge in [0, 0.05) is 22.4 Å². The smallest absolute Gasteiger partial charge is 0.136 e. The molecule has 8 aromatic rings. The molecule has 2 heterocycles. The molecular formula is C52H43NO. The van der Waals surface area contributed by atoms with Crippen LogP contribution in [0.25, 0.3) is 60.9 Å². The third-order valence-electron chi connectivity index (χ3n) is 11.2. The second-order valence-electron chi connectivity index (χ2n) is 14.6. The van der Waals surface area contributed by atoms with Gasteiger partial charge in [-0.1, -0.05) is 152 Å². The van der Waals surface area contributed by atoms with Gasteiger partial charge in [0.25, 0.3) is 0 Å². The number of para-hydroxylation sites is 1. The molecule has 54 heavy (non-hydrogen) atoms. The average Bonchev–Trinajstić information content (AvgIpc) is 3.61. The highest BCUT2D eigenvalue weighted by molar-refractivity contribution is 6.09. The number of furan rings is 1. The van der Waals surface area contributed by atoms with Gasteiger partial charge >= 0.3 is 0 Å². The molecule has 0 saturated carbocycles. The molecule has 9 rings (SSSR count). The summed E-state index contributed by atoms with van der Waals surface area (Å²) in [5.41, 5.74) is 16.8. The van der Waals surface area contributed by atoms with Crippen molar-refractivity contribution < 1.29 is 4.42 Å². The van der Waals surface area contributed by atoms with E-state index in [0.29, 0.717) is 0 Å². The van der Waals surface area contributed by atoms with E-state index >= 15 is 0 Å².